The van der Waals surface area contributed by atoms with Gasteiger partial charge >= 0.3 is 5.97 Å². The molecular formula is C39H35N3O3. The maximum atomic E-state index is 12.3. The highest BCUT2D eigenvalue weighted by Gasteiger charge is 2.28. The van der Waals surface area contributed by atoms with Crippen LogP contribution in [0.2, 0.25) is 0 Å². The van der Waals surface area contributed by atoms with Crippen LogP contribution in [0.25, 0.3) is 10.9 Å². The molecule has 0 spiro atoms. The molecule has 45 heavy (non-hydrogen) atoms. The first-order valence-electron chi connectivity index (χ1n) is 15.1. The minimum Gasteiger partial charge on any atom is -0.494 e. The maximum absolute atomic E-state index is 12.3. The van der Waals surface area contributed by atoms with Crippen LogP contribution in [0.4, 0.5) is 5.69 Å². The number of hydrogen-bond acceptors (Lipinski definition) is 5. The van der Waals surface area contributed by atoms with E-state index in [4.69, 9.17) is 15.5 Å². The van der Waals surface area contributed by atoms with Gasteiger partial charge in [0, 0.05) is 22.0 Å². The highest BCUT2D eigenvalue weighted by atomic mass is 16.5. The molecule has 0 aliphatic heterocycles. The largest absolute Gasteiger partial charge is 0.494 e. The Kier molecular flexibility index (Phi) is 8.58. The molecule has 0 amide bonds. The number of carbonyl (C=O) groups excluding carboxylic acids is 1. The van der Waals surface area contributed by atoms with Crippen LogP contribution in [0, 0.1) is 0 Å². The Bertz CT molecular complexity index is 1890. The van der Waals surface area contributed by atoms with Crippen LogP contribution in [0.15, 0.2) is 138 Å². The fourth-order valence-corrected chi connectivity index (χ4v) is 5.81. The summed E-state index contributed by atoms with van der Waals surface area (Å²) in [6.45, 7) is 2.05. The Morgan fingerprint density at radius 1 is 0.778 bits per heavy atom. The number of esters is 1. The van der Waals surface area contributed by atoms with Crippen molar-refractivity contribution < 1.29 is 14.6 Å². The Hall–Kier alpha value is -5.46. The van der Waals surface area contributed by atoms with Crippen molar-refractivity contribution in [3.8, 4) is 5.88 Å². The Labute approximate surface area is 262 Å². The molecule has 0 aliphatic rings. The van der Waals surface area contributed by atoms with E-state index < -0.39 is 11.5 Å². The van der Waals surface area contributed by atoms with Gasteiger partial charge in [0.1, 0.15) is 0 Å². The highest BCUT2D eigenvalue weighted by Crippen LogP contribution is 2.34. The molecular weight excluding hydrogens is 558 g/mol. The number of aromatic amines is 1. The Morgan fingerprint density at radius 3 is 1.93 bits per heavy atom. The number of ether oxygens (including phenoxy) is 1. The van der Waals surface area contributed by atoms with E-state index in [0.717, 1.165) is 22.2 Å². The zero-order valence-corrected chi connectivity index (χ0v) is 25.1. The van der Waals surface area contributed by atoms with Crippen LogP contribution >= 0.6 is 0 Å². The Balaban J connectivity index is 1.40. The molecule has 6 rings (SSSR count). The van der Waals surface area contributed by atoms with E-state index >= 15 is 0 Å². The van der Waals surface area contributed by atoms with Gasteiger partial charge in [-0.05, 0) is 60.7 Å². The molecule has 0 atom stereocenters. The summed E-state index contributed by atoms with van der Waals surface area (Å²) in [5.74, 6) is -0.445. The number of aromatic hydroxyl groups is 1. The predicted molar refractivity (Wildman–Crippen MR) is 180 cm³/mol. The third-order valence-corrected chi connectivity index (χ3v) is 7.98. The van der Waals surface area contributed by atoms with Crippen molar-refractivity contribution in [2.45, 2.75) is 25.3 Å². The molecule has 0 saturated heterocycles. The third kappa shape index (κ3) is 6.56. The zero-order valence-electron chi connectivity index (χ0n) is 25.1. The maximum Gasteiger partial charge on any atom is 0.338 e. The average Bonchev–Trinajstić information content (AvgIpc) is 3.40. The fraction of sp³-hybridized carbons (Fsp3) is 0.128. The quantitative estimate of drug-likeness (QED) is 0.111. The molecule has 5 aromatic carbocycles. The summed E-state index contributed by atoms with van der Waals surface area (Å²) in [4.78, 5) is 20.4. The van der Waals surface area contributed by atoms with Crippen LogP contribution in [0.3, 0.4) is 0 Å². The van der Waals surface area contributed by atoms with Crippen LogP contribution in [0.1, 0.15) is 45.1 Å². The van der Waals surface area contributed by atoms with Crippen molar-refractivity contribution in [3.63, 3.8) is 0 Å². The summed E-state index contributed by atoms with van der Waals surface area (Å²) in [6, 6.07) is 43.6. The number of nitrogens with two attached hydrogens (primary N) is 1. The minimum absolute atomic E-state index is 0.0306. The molecule has 4 N–H and O–H groups in total. The van der Waals surface area contributed by atoms with E-state index in [1.54, 1.807) is 19.1 Å². The summed E-state index contributed by atoms with van der Waals surface area (Å²) in [5.41, 5.74) is 13.7. The molecule has 0 unspecified atom stereocenters. The number of carbonyl (C=O) groups is 1. The molecule has 0 saturated carbocycles. The first-order chi connectivity index (χ1) is 21.9. The van der Waals surface area contributed by atoms with Crippen molar-refractivity contribution in [2.75, 3.05) is 6.61 Å². The van der Waals surface area contributed by atoms with Crippen molar-refractivity contribution in [3.05, 3.63) is 167 Å². The minimum atomic E-state index is -0.640. The molecule has 0 aliphatic carbocycles. The summed E-state index contributed by atoms with van der Waals surface area (Å²) >= 11 is 0. The van der Waals surface area contributed by atoms with Gasteiger partial charge in [-0.25, -0.2) is 9.79 Å². The molecule has 0 fully saturated rings. The highest BCUT2D eigenvalue weighted by molar-refractivity contribution is 6.22. The molecule has 6 aromatic rings. The van der Waals surface area contributed by atoms with Gasteiger partial charge in [-0.3, -0.25) is 0 Å². The summed E-state index contributed by atoms with van der Waals surface area (Å²) in [5, 5.41) is 11.9. The number of H-pyrrole nitrogens is 1. The van der Waals surface area contributed by atoms with Gasteiger partial charge in [0.05, 0.1) is 29.1 Å². The lowest BCUT2D eigenvalue weighted by atomic mass is 9.80. The Morgan fingerprint density at radius 2 is 1.36 bits per heavy atom. The summed E-state index contributed by atoms with van der Waals surface area (Å²) < 4.78 is 5.16. The van der Waals surface area contributed by atoms with Gasteiger partial charge in [-0.1, -0.05) is 109 Å². The predicted octanol–water partition coefficient (Wildman–Crippen LogP) is 7.86. The number of rotatable bonds is 10. The van der Waals surface area contributed by atoms with Gasteiger partial charge in [-0.15, -0.1) is 0 Å². The van der Waals surface area contributed by atoms with E-state index in [1.807, 2.05) is 97.1 Å². The molecule has 0 bridgehead atoms. The molecule has 6 nitrogen and oxygen atoms in total. The monoisotopic (exact) mass is 593 g/mol. The standard InChI is InChI=1S/C39H35N3O3/c1-2-45-38(44)30-18-23-33-34(24-30)42-37(43)35(33)36(29-16-10-5-11-17-29)41-32-21-19-31(20-22-32)39(40,25-27-12-6-3-7-13-27)26-28-14-8-4-9-15-28/h3-24,42-43H,2,25-26,40H2,1H3. The van der Waals surface area contributed by atoms with Crippen LogP contribution < -0.4 is 5.73 Å². The lowest BCUT2D eigenvalue weighted by Crippen LogP contribution is -2.41. The van der Waals surface area contributed by atoms with Crippen molar-refractivity contribution in [1.82, 2.24) is 4.98 Å². The molecule has 1 heterocycles. The second-order valence-corrected chi connectivity index (χ2v) is 11.2. The second-order valence-electron chi connectivity index (χ2n) is 11.2. The van der Waals surface area contributed by atoms with E-state index in [9.17, 15) is 9.90 Å². The summed E-state index contributed by atoms with van der Waals surface area (Å²) in [6.07, 6.45) is 1.36. The first kappa shape index (κ1) is 29.6. The summed E-state index contributed by atoms with van der Waals surface area (Å²) in [7, 11) is 0. The molecule has 1 aromatic heterocycles. The van der Waals surface area contributed by atoms with Crippen molar-refractivity contribution >= 4 is 28.3 Å². The second kappa shape index (κ2) is 13.0. The topological polar surface area (TPSA) is 101 Å². The fourth-order valence-electron chi connectivity index (χ4n) is 5.81. The van der Waals surface area contributed by atoms with E-state index in [0.29, 0.717) is 35.2 Å². The first-order valence-corrected chi connectivity index (χ1v) is 15.1. The molecule has 6 heteroatoms. The number of fused-ring (bicyclic) bond motifs is 1. The van der Waals surface area contributed by atoms with Gasteiger partial charge in [0.25, 0.3) is 0 Å². The average molecular weight is 594 g/mol. The van der Waals surface area contributed by atoms with Gasteiger partial charge in [0.2, 0.25) is 0 Å². The lowest BCUT2D eigenvalue weighted by molar-refractivity contribution is 0.0526. The normalized spacial score (nSPS) is 11.9. The SMILES string of the molecule is CCOC(=O)c1ccc2c(C(=Nc3ccc(C(N)(Cc4ccccc4)Cc4ccccc4)cc3)c3ccccc3)c(O)[nH]c2c1. The number of aliphatic imine (C=N–C) groups is 1. The van der Waals surface area contributed by atoms with E-state index in [1.165, 1.54) is 11.1 Å². The van der Waals surface area contributed by atoms with E-state index in [2.05, 4.69) is 29.2 Å². The number of nitrogens with zero attached hydrogens (tertiary/aromatic N) is 1. The van der Waals surface area contributed by atoms with Gasteiger partial charge in [-0.2, -0.15) is 0 Å². The van der Waals surface area contributed by atoms with Crippen LogP contribution in [-0.2, 0) is 23.1 Å². The smallest absolute Gasteiger partial charge is 0.338 e. The van der Waals surface area contributed by atoms with Gasteiger partial charge in [0.15, 0.2) is 5.88 Å². The third-order valence-electron chi connectivity index (χ3n) is 7.98. The number of benzene rings is 5. The number of nitrogens with one attached hydrogen (secondary N) is 1. The van der Waals surface area contributed by atoms with Gasteiger partial charge < -0.3 is 20.6 Å². The van der Waals surface area contributed by atoms with Crippen molar-refractivity contribution in [1.29, 1.82) is 0 Å². The van der Waals surface area contributed by atoms with Crippen LogP contribution in [-0.4, -0.2) is 28.4 Å². The zero-order chi connectivity index (χ0) is 31.2. The van der Waals surface area contributed by atoms with Crippen LogP contribution in [0.5, 0.6) is 5.88 Å². The van der Waals surface area contributed by atoms with Crippen molar-refractivity contribution in [2.24, 2.45) is 10.7 Å². The number of aromatic nitrogens is 1. The molecule has 224 valence electrons. The number of hydrogen-bond donors (Lipinski definition) is 3. The van der Waals surface area contributed by atoms with E-state index in [-0.39, 0.29) is 12.5 Å². The molecule has 0 radical (unpaired) electrons. The lowest BCUT2D eigenvalue weighted by Gasteiger charge is -2.31.